The molecule has 0 atom stereocenters. The predicted octanol–water partition coefficient (Wildman–Crippen LogP) is 2.09. The molecule has 0 unspecified atom stereocenters. The monoisotopic (exact) mass is 212 g/mol. The third-order valence-electron chi connectivity index (χ3n) is 1.75. The highest BCUT2D eigenvalue weighted by molar-refractivity contribution is 7.13. The van der Waals surface area contributed by atoms with Gasteiger partial charge < -0.3 is 5.32 Å². The zero-order chi connectivity index (χ0) is 10.6. The molecule has 0 fully saturated rings. The van der Waals surface area contributed by atoms with E-state index >= 15 is 0 Å². The molecule has 1 amide bonds. The zero-order valence-electron chi connectivity index (χ0n) is 8.83. The van der Waals surface area contributed by atoms with E-state index in [4.69, 9.17) is 0 Å². The molecule has 0 spiro atoms. The molecule has 1 aromatic rings. The SMILES string of the molecule is CCc1ncc(C(=O)NCC(C)C)s1. The van der Waals surface area contributed by atoms with Crippen molar-refractivity contribution in [3.63, 3.8) is 0 Å². The lowest BCUT2D eigenvalue weighted by molar-refractivity contribution is 0.0953. The summed E-state index contributed by atoms with van der Waals surface area (Å²) in [4.78, 5) is 16.4. The van der Waals surface area contributed by atoms with E-state index in [-0.39, 0.29) is 5.91 Å². The number of hydrogen-bond donors (Lipinski definition) is 1. The van der Waals surface area contributed by atoms with Gasteiger partial charge in [-0.3, -0.25) is 4.79 Å². The predicted molar refractivity (Wildman–Crippen MR) is 58.7 cm³/mol. The highest BCUT2D eigenvalue weighted by Gasteiger charge is 2.09. The summed E-state index contributed by atoms with van der Waals surface area (Å²) in [6, 6.07) is 0. The van der Waals surface area contributed by atoms with Crippen molar-refractivity contribution in [3.8, 4) is 0 Å². The Hall–Kier alpha value is -0.900. The largest absolute Gasteiger partial charge is 0.351 e. The van der Waals surface area contributed by atoms with Crippen LogP contribution in [0.25, 0.3) is 0 Å². The Labute approximate surface area is 88.6 Å². The fourth-order valence-corrected chi connectivity index (χ4v) is 1.74. The van der Waals surface area contributed by atoms with Crippen molar-refractivity contribution < 1.29 is 4.79 Å². The van der Waals surface area contributed by atoms with E-state index in [0.29, 0.717) is 10.8 Å². The number of nitrogens with one attached hydrogen (secondary N) is 1. The van der Waals surface area contributed by atoms with Crippen LogP contribution in [0.4, 0.5) is 0 Å². The highest BCUT2D eigenvalue weighted by atomic mass is 32.1. The number of carbonyl (C=O) groups is 1. The smallest absolute Gasteiger partial charge is 0.263 e. The van der Waals surface area contributed by atoms with Gasteiger partial charge in [0.1, 0.15) is 4.88 Å². The molecule has 0 aromatic carbocycles. The summed E-state index contributed by atoms with van der Waals surface area (Å²) in [5.74, 6) is 0.480. The summed E-state index contributed by atoms with van der Waals surface area (Å²) >= 11 is 1.47. The standard InChI is InChI=1S/C10H16N2OS/c1-4-9-11-6-8(14-9)10(13)12-5-7(2)3/h6-7H,4-5H2,1-3H3,(H,12,13). The summed E-state index contributed by atoms with van der Waals surface area (Å²) in [5.41, 5.74) is 0. The minimum Gasteiger partial charge on any atom is -0.351 e. The maximum atomic E-state index is 11.5. The Kier molecular flexibility index (Phi) is 4.07. The summed E-state index contributed by atoms with van der Waals surface area (Å²) in [6.07, 6.45) is 2.54. The van der Waals surface area contributed by atoms with Gasteiger partial charge in [-0.15, -0.1) is 11.3 Å². The zero-order valence-corrected chi connectivity index (χ0v) is 9.65. The number of aryl methyl sites for hydroxylation is 1. The average Bonchev–Trinajstić information content (AvgIpc) is 2.62. The van der Waals surface area contributed by atoms with Crippen LogP contribution in [-0.2, 0) is 6.42 Å². The molecule has 1 aromatic heterocycles. The number of nitrogens with zero attached hydrogens (tertiary/aromatic N) is 1. The lowest BCUT2D eigenvalue weighted by Crippen LogP contribution is -2.26. The van der Waals surface area contributed by atoms with Gasteiger partial charge in [0, 0.05) is 6.54 Å². The number of carbonyl (C=O) groups excluding carboxylic acids is 1. The van der Waals surface area contributed by atoms with Crippen LogP contribution in [0.3, 0.4) is 0 Å². The number of hydrogen-bond acceptors (Lipinski definition) is 3. The molecule has 0 saturated heterocycles. The second-order valence-electron chi connectivity index (χ2n) is 3.58. The molecule has 14 heavy (non-hydrogen) atoms. The van der Waals surface area contributed by atoms with Crippen LogP contribution in [0, 0.1) is 5.92 Å². The Morgan fingerprint density at radius 2 is 2.36 bits per heavy atom. The number of amides is 1. The first-order valence-corrected chi connectivity index (χ1v) is 5.68. The number of aromatic nitrogens is 1. The second-order valence-corrected chi connectivity index (χ2v) is 4.69. The van der Waals surface area contributed by atoms with Gasteiger partial charge in [0.2, 0.25) is 0 Å². The molecule has 3 nitrogen and oxygen atoms in total. The molecule has 0 bridgehead atoms. The second kappa shape index (κ2) is 5.10. The van der Waals surface area contributed by atoms with Gasteiger partial charge in [-0.1, -0.05) is 20.8 Å². The van der Waals surface area contributed by atoms with Gasteiger partial charge in [0.25, 0.3) is 5.91 Å². The molecule has 1 rings (SSSR count). The van der Waals surface area contributed by atoms with E-state index in [2.05, 4.69) is 24.1 Å². The average molecular weight is 212 g/mol. The van der Waals surface area contributed by atoms with E-state index in [1.165, 1.54) is 11.3 Å². The van der Waals surface area contributed by atoms with Crippen LogP contribution >= 0.6 is 11.3 Å². The van der Waals surface area contributed by atoms with Crippen molar-refractivity contribution in [1.82, 2.24) is 10.3 Å². The fraction of sp³-hybridized carbons (Fsp3) is 0.600. The summed E-state index contributed by atoms with van der Waals surface area (Å²) in [5, 5.41) is 3.88. The summed E-state index contributed by atoms with van der Waals surface area (Å²) < 4.78 is 0. The van der Waals surface area contributed by atoms with Gasteiger partial charge in [-0.05, 0) is 12.3 Å². The van der Waals surface area contributed by atoms with Crippen LogP contribution in [-0.4, -0.2) is 17.4 Å². The van der Waals surface area contributed by atoms with E-state index in [0.717, 1.165) is 18.0 Å². The molecule has 1 N–H and O–H groups in total. The molecular formula is C10H16N2OS. The van der Waals surface area contributed by atoms with E-state index in [9.17, 15) is 4.79 Å². The first-order chi connectivity index (χ1) is 6.63. The minimum absolute atomic E-state index is 0.00380. The van der Waals surface area contributed by atoms with Crippen LogP contribution in [0.1, 0.15) is 35.5 Å². The Balaban J connectivity index is 2.52. The third kappa shape index (κ3) is 3.10. The molecular weight excluding hydrogens is 196 g/mol. The van der Waals surface area contributed by atoms with Crippen LogP contribution < -0.4 is 5.32 Å². The molecule has 0 radical (unpaired) electrons. The highest BCUT2D eigenvalue weighted by Crippen LogP contribution is 2.12. The van der Waals surface area contributed by atoms with Crippen LogP contribution in [0.2, 0.25) is 0 Å². The molecule has 1 heterocycles. The van der Waals surface area contributed by atoms with Crippen molar-refractivity contribution in [2.75, 3.05) is 6.54 Å². The molecule has 78 valence electrons. The molecule has 0 aliphatic rings. The first kappa shape index (κ1) is 11.2. The maximum Gasteiger partial charge on any atom is 0.263 e. The van der Waals surface area contributed by atoms with E-state index in [1.54, 1.807) is 6.20 Å². The van der Waals surface area contributed by atoms with Crippen LogP contribution in [0.15, 0.2) is 6.20 Å². The van der Waals surface area contributed by atoms with Crippen molar-refractivity contribution in [2.24, 2.45) is 5.92 Å². The lowest BCUT2D eigenvalue weighted by Gasteiger charge is -2.05. The summed E-state index contributed by atoms with van der Waals surface area (Å²) in [6.45, 7) is 6.90. The van der Waals surface area contributed by atoms with Gasteiger partial charge in [0.05, 0.1) is 11.2 Å². The third-order valence-corrected chi connectivity index (χ3v) is 2.89. The Bertz CT molecular complexity index is 307. The number of thiazole rings is 1. The van der Waals surface area contributed by atoms with Crippen LogP contribution in [0.5, 0.6) is 0 Å². The maximum absolute atomic E-state index is 11.5. The summed E-state index contributed by atoms with van der Waals surface area (Å²) in [7, 11) is 0. The minimum atomic E-state index is -0.00380. The normalized spacial score (nSPS) is 10.6. The lowest BCUT2D eigenvalue weighted by atomic mass is 10.2. The van der Waals surface area contributed by atoms with Gasteiger partial charge in [-0.2, -0.15) is 0 Å². The van der Waals surface area contributed by atoms with Crippen molar-refractivity contribution >= 4 is 17.2 Å². The fourth-order valence-electron chi connectivity index (χ4n) is 0.963. The van der Waals surface area contributed by atoms with E-state index in [1.807, 2.05) is 6.92 Å². The molecule has 0 aliphatic carbocycles. The van der Waals surface area contributed by atoms with Gasteiger partial charge in [0.15, 0.2) is 0 Å². The van der Waals surface area contributed by atoms with Crippen molar-refractivity contribution in [2.45, 2.75) is 27.2 Å². The molecule has 0 saturated carbocycles. The van der Waals surface area contributed by atoms with Crippen molar-refractivity contribution in [1.29, 1.82) is 0 Å². The molecule has 0 aliphatic heterocycles. The van der Waals surface area contributed by atoms with Gasteiger partial charge >= 0.3 is 0 Å². The van der Waals surface area contributed by atoms with E-state index < -0.39 is 0 Å². The Morgan fingerprint density at radius 1 is 1.64 bits per heavy atom. The topological polar surface area (TPSA) is 42.0 Å². The quantitative estimate of drug-likeness (QED) is 0.830. The number of rotatable bonds is 4. The molecule has 4 heteroatoms. The van der Waals surface area contributed by atoms with Crippen molar-refractivity contribution in [3.05, 3.63) is 16.1 Å². The van der Waals surface area contributed by atoms with Gasteiger partial charge in [-0.25, -0.2) is 4.98 Å². The first-order valence-electron chi connectivity index (χ1n) is 4.86. The Morgan fingerprint density at radius 3 is 2.86 bits per heavy atom.